The molecule has 2 aliphatic rings. The van der Waals surface area contributed by atoms with Crippen molar-refractivity contribution in [3.63, 3.8) is 0 Å². The number of rotatable bonds is 2. The third-order valence-electron chi connectivity index (χ3n) is 4.82. The molecule has 2 N–H and O–H groups in total. The lowest BCUT2D eigenvalue weighted by molar-refractivity contribution is -0.797. The van der Waals surface area contributed by atoms with Crippen molar-refractivity contribution in [2.75, 3.05) is 5.32 Å². The zero-order chi connectivity index (χ0) is 17.6. The number of hydrogen-bond donors (Lipinski definition) is 2. The number of quaternary nitrogens is 1. The molecule has 2 aromatic carbocycles. The average Bonchev–Trinajstić information content (AvgIpc) is 2.92. The van der Waals surface area contributed by atoms with Crippen molar-refractivity contribution in [2.45, 2.75) is 39.3 Å². The van der Waals surface area contributed by atoms with Gasteiger partial charge in [0.25, 0.3) is 0 Å². The van der Waals surface area contributed by atoms with Crippen LogP contribution < -0.4 is 15.0 Å². The first-order valence-electron chi connectivity index (χ1n) is 8.82. The van der Waals surface area contributed by atoms with Gasteiger partial charge in [0.2, 0.25) is 5.91 Å². The highest BCUT2D eigenvalue weighted by atomic mass is 16.5. The molecule has 1 amide bonds. The molecule has 2 aromatic rings. The molecule has 4 nitrogen and oxygen atoms in total. The van der Waals surface area contributed by atoms with Gasteiger partial charge < -0.3 is 10.1 Å². The lowest BCUT2D eigenvalue weighted by Crippen LogP contribution is -3.05. The topological polar surface area (TPSA) is 42.8 Å². The summed E-state index contributed by atoms with van der Waals surface area (Å²) in [5.41, 5.74) is 5.42. The molecule has 0 fully saturated rings. The second-order valence-electron chi connectivity index (χ2n) is 7.11. The molecule has 25 heavy (non-hydrogen) atoms. The Labute approximate surface area is 148 Å². The Kier molecular flexibility index (Phi) is 3.85. The van der Waals surface area contributed by atoms with Crippen molar-refractivity contribution in [1.82, 2.24) is 0 Å². The van der Waals surface area contributed by atoms with E-state index in [1.165, 1.54) is 16.2 Å². The maximum atomic E-state index is 12.0. The van der Waals surface area contributed by atoms with Crippen LogP contribution >= 0.6 is 0 Å². The van der Waals surface area contributed by atoms with Gasteiger partial charge in [-0.1, -0.05) is 12.1 Å². The van der Waals surface area contributed by atoms with Crippen molar-refractivity contribution in [2.24, 2.45) is 0 Å². The molecule has 4 heteroatoms. The van der Waals surface area contributed by atoms with E-state index in [9.17, 15) is 4.79 Å². The Hall–Kier alpha value is -2.59. The summed E-state index contributed by atoms with van der Waals surface area (Å²) < 4.78 is 6.08. The molecule has 0 aromatic heterocycles. The number of para-hydroxylation sites is 1. The van der Waals surface area contributed by atoms with Crippen LogP contribution in [0.1, 0.15) is 32.8 Å². The van der Waals surface area contributed by atoms with E-state index in [0.717, 1.165) is 22.6 Å². The summed E-state index contributed by atoms with van der Waals surface area (Å²) in [7, 11) is 0. The van der Waals surface area contributed by atoms with Gasteiger partial charge in [-0.15, -0.1) is 0 Å². The molecule has 0 bridgehead atoms. The molecule has 2 heterocycles. The first kappa shape index (κ1) is 15.9. The maximum Gasteiger partial charge on any atom is 0.228 e. The van der Waals surface area contributed by atoms with Gasteiger partial charge in [0.1, 0.15) is 18.0 Å². The van der Waals surface area contributed by atoms with Gasteiger partial charge in [0.05, 0.1) is 18.2 Å². The summed E-state index contributed by atoms with van der Waals surface area (Å²) in [6, 6.07) is 13.0. The van der Waals surface area contributed by atoms with Gasteiger partial charge in [-0.25, -0.2) is 0 Å². The number of carbonyl (C=O) groups excluding carboxylic acids is 1. The highest BCUT2D eigenvalue weighted by molar-refractivity contribution is 5.95. The maximum absolute atomic E-state index is 12.0. The van der Waals surface area contributed by atoms with Crippen molar-refractivity contribution in [3.05, 3.63) is 48.2 Å². The van der Waals surface area contributed by atoms with E-state index in [2.05, 4.69) is 55.7 Å². The normalized spacial score (nSPS) is 21.4. The van der Waals surface area contributed by atoms with E-state index in [1.54, 1.807) is 0 Å². The Morgan fingerprint density at radius 2 is 2.08 bits per heavy atom. The molecule has 0 spiro atoms. The van der Waals surface area contributed by atoms with Crippen LogP contribution in [0.25, 0.3) is 17.2 Å². The molecule has 2 aliphatic heterocycles. The van der Waals surface area contributed by atoms with Crippen LogP contribution in [-0.2, 0) is 4.79 Å². The summed E-state index contributed by atoms with van der Waals surface area (Å²) in [4.78, 5) is 13.3. The van der Waals surface area contributed by atoms with E-state index in [4.69, 9.17) is 4.74 Å². The van der Waals surface area contributed by atoms with Crippen LogP contribution in [0.15, 0.2) is 42.6 Å². The van der Waals surface area contributed by atoms with Crippen LogP contribution in [0.3, 0.4) is 0 Å². The molecule has 0 saturated heterocycles. The monoisotopic (exact) mass is 335 g/mol. The Morgan fingerprint density at radius 1 is 1.24 bits per heavy atom. The smallest absolute Gasteiger partial charge is 0.228 e. The number of anilines is 1. The van der Waals surface area contributed by atoms with E-state index in [1.807, 2.05) is 19.1 Å². The van der Waals surface area contributed by atoms with Crippen molar-refractivity contribution < 1.29 is 14.4 Å². The quantitative estimate of drug-likeness (QED) is 0.884. The number of nitrogens with one attached hydrogen (secondary N) is 2. The molecule has 2 atom stereocenters. The number of hydrogen-bond acceptors (Lipinski definition) is 2. The second kappa shape index (κ2) is 6.05. The third-order valence-corrected chi connectivity index (χ3v) is 4.82. The summed E-state index contributed by atoms with van der Waals surface area (Å²) >= 11 is 0. The van der Waals surface area contributed by atoms with E-state index < -0.39 is 0 Å². The highest BCUT2D eigenvalue weighted by Gasteiger charge is 2.25. The first-order chi connectivity index (χ1) is 12.0. The summed E-state index contributed by atoms with van der Waals surface area (Å²) in [5.74, 6) is 0.757. The van der Waals surface area contributed by atoms with Crippen LogP contribution in [0.5, 0.6) is 5.75 Å². The molecular weight excluding hydrogens is 312 g/mol. The molecule has 0 saturated carbocycles. The summed E-state index contributed by atoms with van der Waals surface area (Å²) in [6.45, 7) is 6.37. The van der Waals surface area contributed by atoms with Crippen LogP contribution in [0, 0.1) is 0 Å². The van der Waals surface area contributed by atoms with Crippen molar-refractivity contribution in [1.29, 1.82) is 0 Å². The summed E-state index contributed by atoms with van der Waals surface area (Å²) in [6.07, 6.45) is 4.62. The van der Waals surface area contributed by atoms with Crippen LogP contribution in [-0.4, -0.2) is 18.1 Å². The Morgan fingerprint density at radius 3 is 2.88 bits per heavy atom. The van der Waals surface area contributed by atoms with Gasteiger partial charge in [-0.2, -0.15) is 0 Å². The fourth-order valence-corrected chi connectivity index (χ4v) is 3.60. The lowest BCUT2D eigenvalue weighted by atomic mass is 10.0. The third kappa shape index (κ3) is 2.83. The number of benzene rings is 2. The molecule has 0 radical (unpaired) electrons. The zero-order valence-electron chi connectivity index (χ0n) is 14.8. The summed E-state index contributed by atoms with van der Waals surface area (Å²) in [5, 5.41) is 2.96. The fraction of sp³-hybridized carbons (Fsp3) is 0.286. The molecular formula is C21H23N2O2+. The van der Waals surface area contributed by atoms with Crippen LogP contribution in [0.4, 0.5) is 11.4 Å². The van der Waals surface area contributed by atoms with Gasteiger partial charge in [-0.05, 0) is 44.5 Å². The molecule has 0 aliphatic carbocycles. The van der Waals surface area contributed by atoms with Crippen LogP contribution in [0.2, 0.25) is 0 Å². The number of fused-ring (bicyclic) bond motifs is 2. The Balaban J connectivity index is 1.78. The van der Waals surface area contributed by atoms with Crippen molar-refractivity contribution >= 4 is 23.4 Å². The van der Waals surface area contributed by atoms with E-state index in [0.29, 0.717) is 12.5 Å². The van der Waals surface area contributed by atoms with Gasteiger partial charge in [0, 0.05) is 23.3 Å². The largest absolute Gasteiger partial charge is 0.487 e. The SMILES string of the molecule is CC1CC(=O)Nc2cccc(-c3ccc4c(c3)C=C[NH+]4C(C)C)c2O1. The molecule has 128 valence electrons. The first-order valence-corrected chi connectivity index (χ1v) is 8.82. The fourth-order valence-electron chi connectivity index (χ4n) is 3.60. The molecule has 2 unspecified atom stereocenters. The minimum Gasteiger partial charge on any atom is -0.487 e. The highest BCUT2D eigenvalue weighted by Crippen LogP contribution is 2.40. The Bertz CT molecular complexity index is 870. The van der Waals surface area contributed by atoms with Gasteiger partial charge in [0.15, 0.2) is 5.75 Å². The minimum absolute atomic E-state index is 0.00328. The minimum atomic E-state index is -0.141. The number of amides is 1. The average molecular weight is 335 g/mol. The van der Waals surface area contributed by atoms with Gasteiger partial charge >= 0.3 is 0 Å². The van der Waals surface area contributed by atoms with E-state index in [-0.39, 0.29) is 12.0 Å². The predicted octanol–water partition coefficient (Wildman–Crippen LogP) is 3.37. The predicted molar refractivity (Wildman–Crippen MR) is 100 cm³/mol. The second-order valence-corrected chi connectivity index (χ2v) is 7.11. The van der Waals surface area contributed by atoms with Gasteiger partial charge in [-0.3, -0.25) is 9.69 Å². The zero-order valence-corrected chi connectivity index (χ0v) is 14.8. The van der Waals surface area contributed by atoms with E-state index >= 15 is 0 Å². The standard InChI is InChI=1S/C21H22N2O2/c1-13(2)23-10-9-16-12-15(7-8-19(16)23)17-5-4-6-18-21(17)25-14(3)11-20(24)22-18/h4-10,12-14H,11H2,1-3H3,(H,22,24)/p+1. The lowest BCUT2D eigenvalue weighted by Gasteiger charge is -2.18. The molecule has 4 rings (SSSR count). The number of carbonyl (C=O) groups is 1. The number of ether oxygens (including phenoxy) is 1. The van der Waals surface area contributed by atoms with Crippen molar-refractivity contribution in [3.8, 4) is 16.9 Å².